The number of rotatable bonds is 14. The van der Waals surface area contributed by atoms with Gasteiger partial charge in [-0.3, -0.25) is 0 Å². The molecule has 0 radical (unpaired) electrons. The van der Waals surface area contributed by atoms with Crippen LogP contribution in [0.15, 0.2) is 0 Å². The van der Waals surface area contributed by atoms with Gasteiger partial charge in [0.25, 0.3) is 0 Å². The van der Waals surface area contributed by atoms with Crippen LogP contribution in [0.3, 0.4) is 0 Å². The predicted octanol–water partition coefficient (Wildman–Crippen LogP) is 3.96. The summed E-state index contributed by atoms with van der Waals surface area (Å²) in [5.74, 6) is -1.64. The monoisotopic (exact) mass is 272 g/mol. The van der Waals surface area contributed by atoms with Gasteiger partial charge in [-0.15, -0.1) is 0 Å². The lowest BCUT2D eigenvalue weighted by Gasteiger charge is -2.20. The van der Waals surface area contributed by atoms with Gasteiger partial charge in [0.15, 0.2) is 5.79 Å². The number of aldehydes is 1. The molecule has 3 nitrogen and oxygen atoms in total. The number of hydrogen-bond acceptors (Lipinski definition) is 3. The highest BCUT2D eigenvalue weighted by Crippen LogP contribution is 2.18. The summed E-state index contributed by atoms with van der Waals surface area (Å²) in [4.78, 5) is 10.2. The summed E-state index contributed by atoms with van der Waals surface area (Å²) in [5, 5.41) is 19.1. The van der Waals surface area contributed by atoms with E-state index in [1.54, 1.807) is 0 Å². The topological polar surface area (TPSA) is 57.5 Å². The minimum absolute atomic E-state index is 0.161. The highest BCUT2D eigenvalue weighted by molar-refractivity contribution is 5.49. The zero-order chi connectivity index (χ0) is 14.4. The van der Waals surface area contributed by atoms with Crippen LogP contribution in [0.1, 0.15) is 90.4 Å². The van der Waals surface area contributed by atoms with Crippen molar-refractivity contribution in [3.05, 3.63) is 0 Å². The van der Waals surface area contributed by atoms with Gasteiger partial charge in [-0.05, 0) is 6.42 Å². The molecule has 0 heterocycles. The molecule has 19 heavy (non-hydrogen) atoms. The average Bonchev–Trinajstić information content (AvgIpc) is 2.38. The Morgan fingerprint density at radius 1 is 0.789 bits per heavy atom. The molecule has 0 amide bonds. The van der Waals surface area contributed by atoms with Gasteiger partial charge in [0.05, 0.1) is 0 Å². The number of carbonyl (C=O) groups excluding carboxylic acids is 1. The smallest absolute Gasteiger partial charge is 0.162 e. The summed E-state index contributed by atoms with van der Waals surface area (Å²) in [6.45, 7) is 2.23. The zero-order valence-corrected chi connectivity index (χ0v) is 12.6. The Hall–Kier alpha value is -0.410. The summed E-state index contributed by atoms with van der Waals surface area (Å²) in [7, 11) is 0. The van der Waals surface area contributed by atoms with Crippen LogP contribution >= 0.6 is 0 Å². The third kappa shape index (κ3) is 13.8. The molecule has 0 fully saturated rings. The first-order chi connectivity index (χ1) is 9.12. The minimum atomic E-state index is -1.64. The van der Waals surface area contributed by atoms with Crippen molar-refractivity contribution in [2.24, 2.45) is 0 Å². The molecule has 0 aromatic rings. The highest BCUT2D eigenvalue weighted by Gasteiger charge is 2.21. The van der Waals surface area contributed by atoms with Crippen LogP contribution in [-0.4, -0.2) is 22.3 Å². The first kappa shape index (κ1) is 18.6. The molecule has 0 unspecified atom stereocenters. The average molecular weight is 272 g/mol. The van der Waals surface area contributed by atoms with Crippen molar-refractivity contribution in [1.82, 2.24) is 0 Å². The van der Waals surface area contributed by atoms with E-state index in [2.05, 4.69) is 6.92 Å². The van der Waals surface area contributed by atoms with E-state index < -0.39 is 5.79 Å². The summed E-state index contributed by atoms with van der Waals surface area (Å²) in [6, 6.07) is 0. The largest absolute Gasteiger partial charge is 0.366 e. The van der Waals surface area contributed by atoms with Gasteiger partial charge >= 0.3 is 0 Å². The van der Waals surface area contributed by atoms with Crippen LogP contribution in [0, 0.1) is 0 Å². The molecule has 0 atom stereocenters. The second kappa shape index (κ2) is 12.6. The SMILES string of the molecule is CCCCCCCCCCCCC(O)(O)CCC=O. The van der Waals surface area contributed by atoms with E-state index in [4.69, 9.17) is 0 Å². The van der Waals surface area contributed by atoms with Crippen molar-refractivity contribution < 1.29 is 15.0 Å². The fraction of sp³-hybridized carbons (Fsp3) is 0.938. The van der Waals surface area contributed by atoms with E-state index in [0.717, 1.165) is 19.1 Å². The maximum Gasteiger partial charge on any atom is 0.162 e. The molecule has 0 aromatic heterocycles. The van der Waals surface area contributed by atoms with E-state index in [9.17, 15) is 15.0 Å². The molecule has 0 aliphatic heterocycles. The van der Waals surface area contributed by atoms with Crippen LogP contribution in [0.25, 0.3) is 0 Å². The lowest BCUT2D eigenvalue weighted by atomic mass is 10.0. The second-order valence-corrected chi connectivity index (χ2v) is 5.62. The van der Waals surface area contributed by atoms with E-state index >= 15 is 0 Å². The van der Waals surface area contributed by atoms with Crippen molar-refractivity contribution in [2.75, 3.05) is 0 Å². The molecule has 0 bridgehead atoms. The van der Waals surface area contributed by atoms with Gasteiger partial charge in [-0.2, -0.15) is 0 Å². The molecule has 0 aromatic carbocycles. The van der Waals surface area contributed by atoms with Crippen molar-refractivity contribution in [3.63, 3.8) is 0 Å². The summed E-state index contributed by atoms with van der Waals surface area (Å²) in [6.07, 6.45) is 13.9. The molecule has 114 valence electrons. The molecular formula is C16H32O3. The van der Waals surface area contributed by atoms with Gasteiger partial charge < -0.3 is 15.0 Å². The standard InChI is InChI=1S/C16H32O3/c1-2-3-4-5-6-7-8-9-10-11-13-16(18,19)14-12-15-17/h15,18-19H,2-14H2,1H3. The van der Waals surface area contributed by atoms with Gasteiger partial charge in [0, 0.05) is 19.3 Å². The molecule has 0 saturated carbocycles. The van der Waals surface area contributed by atoms with Crippen LogP contribution in [-0.2, 0) is 4.79 Å². The minimum Gasteiger partial charge on any atom is -0.366 e. The summed E-state index contributed by atoms with van der Waals surface area (Å²) >= 11 is 0. The maximum atomic E-state index is 10.2. The Morgan fingerprint density at radius 2 is 1.26 bits per heavy atom. The molecule has 2 N–H and O–H groups in total. The number of unbranched alkanes of at least 4 members (excludes halogenated alkanes) is 9. The van der Waals surface area contributed by atoms with E-state index in [1.807, 2.05) is 0 Å². The van der Waals surface area contributed by atoms with Crippen molar-refractivity contribution in [2.45, 2.75) is 96.2 Å². The first-order valence-corrected chi connectivity index (χ1v) is 8.01. The molecule has 0 saturated heterocycles. The van der Waals surface area contributed by atoms with Crippen molar-refractivity contribution in [3.8, 4) is 0 Å². The number of carbonyl (C=O) groups is 1. The summed E-state index contributed by atoms with van der Waals surface area (Å²) < 4.78 is 0. The van der Waals surface area contributed by atoms with Gasteiger partial charge in [0.2, 0.25) is 0 Å². The van der Waals surface area contributed by atoms with E-state index in [0.29, 0.717) is 6.42 Å². The Labute approximate surface area is 118 Å². The summed E-state index contributed by atoms with van der Waals surface area (Å²) in [5.41, 5.74) is 0. The quantitative estimate of drug-likeness (QED) is 0.286. The molecule has 0 rings (SSSR count). The van der Waals surface area contributed by atoms with Crippen LogP contribution in [0.4, 0.5) is 0 Å². The molecule has 3 heteroatoms. The van der Waals surface area contributed by atoms with Crippen molar-refractivity contribution in [1.29, 1.82) is 0 Å². The fourth-order valence-corrected chi connectivity index (χ4v) is 2.31. The molecule has 0 aliphatic rings. The van der Waals surface area contributed by atoms with Crippen molar-refractivity contribution >= 4 is 6.29 Å². The molecule has 0 aliphatic carbocycles. The number of hydrogen-bond donors (Lipinski definition) is 2. The Morgan fingerprint density at radius 3 is 1.74 bits per heavy atom. The first-order valence-electron chi connectivity index (χ1n) is 8.01. The third-order valence-corrected chi connectivity index (χ3v) is 3.59. The van der Waals surface area contributed by atoms with Crippen LogP contribution in [0.2, 0.25) is 0 Å². The predicted molar refractivity (Wildman–Crippen MR) is 78.9 cm³/mol. The Balaban J connectivity index is 3.23. The lowest BCUT2D eigenvalue weighted by molar-refractivity contribution is -0.172. The third-order valence-electron chi connectivity index (χ3n) is 3.59. The highest BCUT2D eigenvalue weighted by atomic mass is 16.5. The Bertz CT molecular complexity index is 202. The molecular weight excluding hydrogens is 240 g/mol. The number of aliphatic hydroxyl groups is 2. The molecule has 0 spiro atoms. The van der Waals surface area contributed by atoms with Gasteiger partial charge in [-0.1, -0.05) is 64.7 Å². The fourth-order valence-electron chi connectivity index (χ4n) is 2.31. The van der Waals surface area contributed by atoms with E-state index in [-0.39, 0.29) is 12.8 Å². The van der Waals surface area contributed by atoms with E-state index in [1.165, 1.54) is 51.4 Å². The van der Waals surface area contributed by atoms with Crippen LogP contribution < -0.4 is 0 Å². The Kier molecular flexibility index (Phi) is 12.3. The second-order valence-electron chi connectivity index (χ2n) is 5.62. The zero-order valence-electron chi connectivity index (χ0n) is 12.6. The van der Waals surface area contributed by atoms with Gasteiger partial charge in [0.1, 0.15) is 6.29 Å². The normalized spacial score (nSPS) is 11.7. The maximum absolute atomic E-state index is 10.2. The van der Waals surface area contributed by atoms with Crippen LogP contribution in [0.5, 0.6) is 0 Å². The van der Waals surface area contributed by atoms with Gasteiger partial charge in [-0.25, -0.2) is 0 Å². The lowest BCUT2D eigenvalue weighted by Crippen LogP contribution is -2.27.